The van der Waals surface area contributed by atoms with Gasteiger partial charge in [0.1, 0.15) is 23.1 Å². The van der Waals surface area contributed by atoms with E-state index in [1.54, 1.807) is 32.4 Å². The van der Waals surface area contributed by atoms with E-state index in [0.29, 0.717) is 22.8 Å². The van der Waals surface area contributed by atoms with Crippen LogP contribution in [0.2, 0.25) is 0 Å². The fourth-order valence-electron chi connectivity index (χ4n) is 1.79. The van der Waals surface area contributed by atoms with Crippen molar-refractivity contribution in [3.63, 3.8) is 0 Å². The molecule has 0 aliphatic rings. The number of methoxy groups -OCH3 is 2. The number of amides is 1. The summed E-state index contributed by atoms with van der Waals surface area (Å²) in [5, 5.41) is 3.84. The van der Waals surface area contributed by atoms with Gasteiger partial charge in [0.15, 0.2) is 6.61 Å². The molecule has 0 bridgehead atoms. The maximum Gasteiger partial charge on any atom is 0.277 e. The van der Waals surface area contributed by atoms with Gasteiger partial charge in [-0.15, -0.1) is 0 Å². The zero-order valence-electron chi connectivity index (χ0n) is 13.3. The molecule has 126 valence electrons. The number of carbonyl (C=O) groups is 1. The van der Waals surface area contributed by atoms with Gasteiger partial charge in [0.25, 0.3) is 5.91 Å². The molecule has 2 rings (SSSR count). The van der Waals surface area contributed by atoms with Crippen molar-refractivity contribution in [3.8, 4) is 17.2 Å². The molecular weight excluding hydrogens is 315 g/mol. The van der Waals surface area contributed by atoms with Crippen molar-refractivity contribution in [3.05, 3.63) is 53.8 Å². The Morgan fingerprint density at radius 2 is 1.71 bits per heavy atom. The Hall–Kier alpha value is -3.09. The highest BCUT2D eigenvalue weighted by Gasteiger charge is 2.03. The Labute approximate surface area is 138 Å². The van der Waals surface area contributed by atoms with Gasteiger partial charge in [-0.3, -0.25) is 4.79 Å². The lowest BCUT2D eigenvalue weighted by molar-refractivity contribution is -0.123. The molecule has 0 aliphatic carbocycles. The van der Waals surface area contributed by atoms with E-state index in [1.165, 1.54) is 30.5 Å². The summed E-state index contributed by atoms with van der Waals surface area (Å²) >= 11 is 0. The highest BCUT2D eigenvalue weighted by molar-refractivity contribution is 5.83. The Balaban J connectivity index is 1.86. The monoisotopic (exact) mass is 332 g/mol. The molecule has 0 saturated carbocycles. The van der Waals surface area contributed by atoms with Crippen LogP contribution < -0.4 is 19.6 Å². The van der Waals surface area contributed by atoms with Gasteiger partial charge in [-0.2, -0.15) is 5.10 Å². The molecule has 2 aromatic rings. The lowest BCUT2D eigenvalue weighted by Crippen LogP contribution is -2.24. The number of benzene rings is 2. The number of hydrazone groups is 1. The summed E-state index contributed by atoms with van der Waals surface area (Å²) in [4.78, 5) is 11.6. The molecular formula is C17H17FN2O4. The van der Waals surface area contributed by atoms with Crippen LogP contribution in [0, 0.1) is 5.82 Å². The predicted octanol–water partition coefficient (Wildman–Crippen LogP) is 2.37. The third-order valence-corrected chi connectivity index (χ3v) is 2.96. The van der Waals surface area contributed by atoms with E-state index < -0.39 is 5.91 Å². The number of nitrogens with one attached hydrogen (secondary N) is 1. The highest BCUT2D eigenvalue weighted by atomic mass is 19.1. The number of hydrogen-bond donors (Lipinski definition) is 1. The molecule has 0 atom stereocenters. The van der Waals surface area contributed by atoms with E-state index in [-0.39, 0.29) is 12.4 Å². The van der Waals surface area contributed by atoms with E-state index in [9.17, 15) is 9.18 Å². The summed E-state index contributed by atoms with van der Waals surface area (Å²) in [7, 11) is 3.09. The summed E-state index contributed by atoms with van der Waals surface area (Å²) in [6.07, 6.45) is 1.46. The predicted molar refractivity (Wildman–Crippen MR) is 87.2 cm³/mol. The third kappa shape index (κ3) is 5.28. The van der Waals surface area contributed by atoms with E-state index in [2.05, 4.69) is 10.5 Å². The summed E-state index contributed by atoms with van der Waals surface area (Å²) in [5.74, 6) is 0.812. The number of halogens is 1. The smallest absolute Gasteiger partial charge is 0.277 e. The fraction of sp³-hybridized carbons (Fsp3) is 0.176. The SMILES string of the molecule is COc1cc(/C=N\NC(=O)COc2ccc(F)cc2)cc(OC)c1. The summed E-state index contributed by atoms with van der Waals surface area (Å²) in [6, 6.07) is 10.6. The quantitative estimate of drug-likeness (QED) is 0.624. The number of rotatable bonds is 7. The van der Waals surface area contributed by atoms with Gasteiger partial charge in [0.05, 0.1) is 20.4 Å². The molecule has 6 nitrogen and oxygen atoms in total. The zero-order valence-corrected chi connectivity index (χ0v) is 13.3. The molecule has 0 aliphatic heterocycles. The molecule has 1 N–H and O–H groups in total. The maximum absolute atomic E-state index is 12.7. The van der Waals surface area contributed by atoms with Crippen molar-refractivity contribution in [2.75, 3.05) is 20.8 Å². The van der Waals surface area contributed by atoms with Crippen molar-refractivity contribution >= 4 is 12.1 Å². The van der Waals surface area contributed by atoms with Crippen molar-refractivity contribution in [1.82, 2.24) is 5.43 Å². The molecule has 0 radical (unpaired) electrons. The van der Waals surface area contributed by atoms with Crippen LogP contribution in [0.25, 0.3) is 0 Å². The molecule has 0 fully saturated rings. The standard InChI is InChI=1S/C17H17FN2O4/c1-22-15-7-12(8-16(9-15)23-2)10-19-20-17(21)11-24-14-5-3-13(18)4-6-14/h3-10H,11H2,1-2H3,(H,20,21)/b19-10-. The lowest BCUT2D eigenvalue weighted by Gasteiger charge is -2.06. The van der Waals surface area contributed by atoms with Crippen LogP contribution >= 0.6 is 0 Å². The first-order chi connectivity index (χ1) is 11.6. The van der Waals surface area contributed by atoms with Gasteiger partial charge in [0.2, 0.25) is 0 Å². The van der Waals surface area contributed by atoms with E-state index >= 15 is 0 Å². The van der Waals surface area contributed by atoms with Crippen LogP contribution in [-0.2, 0) is 4.79 Å². The van der Waals surface area contributed by atoms with Gasteiger partial charge in [-0.1, -0.05) is 0 Å². The van der Waals surface area contributed by atoms with Crippen LogP contribution in [0.3, 0.4) is 0 Å². The van der Waals surface area contributed by atoms with Gasteiger partial charge in [0, 0.05) is 11.6 Å². The van der Waals surface area contributed by atoms with Crippen molar-refractivity contribution in [2.24, 2.45) is 5.10 Å². The normalized spacial score (nSPS) is 10.5. The first kappa shape index (κ1) is 17.3. The molecule has 0 aromatic heterocycles. The van der Waals surface area contributed by atoms with E-state index in [4.69, 9.17) is 14.2 Å². The summed E-state index contributed by atoms with van der Waals surface area (Å²) in [5.41, 5.74) is 3.04. The van der Waals surface area contributed by atoms with Crippen LogP contribution in [0.4, 0.5) is 4.39 Å². The molecule has 0 spiro atoms. The minimum absolute atomic E-state index is 0.232. The highest BCUT2D eigenvalue weighted by Crippen LogP contribution is 2.21. The first-order valence-electron chi connectivity index (χ1n) is 7.04. The van der Waals surface area contributed by atoms with Crippen LogP contribution in [0.15, 0.2) is 47.6 Å². The number of carbonyl (C=O) groups excluding carboxylic acids is 1. The number of hydrogen-bond acceptors (Lipinski definition) is 5. The molecule has 0 heterocycles. The van der Waals surface area contributed by atoms with Crippen LogP contribution in [0.5, 0.6) is 17.2 Å². The van der Waals surface area contributed by atoms with Crippen LogP contribution in [0.1, 0.15) is 5.56 Å². The second-order valence-electron chi connectivity index (χ2n) is 4.68. The number of nitrogens with zero attached hydrogens (tertiary/aromatic N) is 1. The Morgan fingerprint density at radius 3 is 2.29 bits per heavy atom. The van der Waals surface area contributed by atoms with Crippen LogP contribution in [-0.4, -0.2) is 32.9 Å². The minimum Gasteiger partial charge on any atom is -0.497 e. The van der Waals surface area contributed by atoms with Crippen molar-refractivity contribution in [2.45, 2.75) is 0 Å². The molecule has 0 unspecified atom stereocenters. The second kappa shape index (κ2) is 8.52. The van der Waals surface area contributed by atoms with E-state index in [1.807, 2.05) is 0 Å². The Morgan fingerprint density at radius 1 is 1.08 bits per heavy atom. The first-order valence-corrected chi connectivity index (χ1v) is 7.04. The molecule has 1 amide bonds. The van der Waals surface area contributed by atoms with Crippen molar-refractivity contribution in [1.29, 1.82) is 0 Å². The van der Waals surface area contributed by atoms with Gasteiger partial charge in [-0.25, -0.2) is 9.82 Å². The average molecular weight is 332 g/mol. The number of ether oxygens (including phenoxy) is 3. The van der Waals surface area contributed by atoms with E-state index in [0.717, 1.165) is 0 Å². The Bertz CT molecular complexity index is 695. The molecule has 7 heteroatoms. The second-order valence-corrected chi connectivity index (χ2v) is 4.68. The van der Waals surface area contributed by atoms with Gasteiger partial charge < -0.3 is 14.2 Å². The molecule has 2 aromatic carbocycles. The van der Waals surface area contributed by atoms with Crippen molar-refractivity contribution < 1.29 is 23.4 Å². The average Bonchev–Trinajstić information content (AvgIpc) is 2.61. The summed E-state index contributed by atoms with van der Waals surface area (Å²) in [6.45, 7) is -0.232. The minimum atomic E-state index is -0.439. The third-order valence-electron chi connectivity index (χ3n) is 2.96. The van der Waals surface area contributed by atoms with Gasteiger partial charge >= 0.3 is 0 Å². The maximum atomic E-state index is 12.7. The summed E-state index contributed by atoms with van der Waals surface area (Å²) < 4.78 is 28.2. The van der Waals surface area contributed by atoms with Gasteiger partial charge in [-0.05, 0) is 36.4 Å². The Kier molecular flexibility index (Phi) is 6.13. The zero-order chi connectivity index (χ0) is 17.4. The largest absolute Gasteiger partial charge is 0.497 e. The molecule has 24 heavy (non-hydrogen) atoms. The topological polar surface area (TPSA) is 69.2 Å². The molecule has 0 saturated heterocycles. The fourth-order valence-corrected chi connectivity index (χ4v) is 1.79. The lowest BCUT2D eigenvalue weighted by atomic mass is 10.2.